The van der Waals surface area contributed by atoms with Crippen LogP contribution in [0.5, 0.6) is 0 Å². The van der Waals surface area contributed by atoms with Gasteiger partial charge in [-0.3, -0.25) is 0 Å². The SMILES string of the molecule is CNC1CCC1NC.O=P(O)(O)O. The number of hydrogen-bond acceptors (Lipinski definition) is 3. The number of likely N-dealkylation sites (N-methyl/N-ethyl adjacent to an activating group) is 2. The smallest absolute Gasteiger partial charge is 0.315 e. The summed E-state index contributed by atoms with van der Waals surface area (Å²) in [6.07, 6.45) is 2.67. The van der Waals surface area contributed by atoms with Crippen molar-refractivity contribution in [1.82, 2.24) is 10.6 Å². The van der Waals surface area contributed by atoms with Gasteiger partial charge in [0, 0.05) is 12.1 Å². The van der Waals surface area contributed by atoms with Gasteiger partial charge >= 0.3 is 7.82 Å². The second-order valence-corrected chi connectivity index (χ2v) is 3.91. The molecule has 1 saturated carbocycles. The van der Waals surface area contributed by atoms with Crippen LogP contribution in [0, 0.1) is 0 Å². The van der Waals surface area contributed by atoms with Crippen molar-refractivity contribution in [2.75, 3.05) is 14.1 Å². The lowest BCUT2D eigenvalue weighted by Crippen LogP contribution is -2.52. The average molecular weight is 212 g/mol. The summed E-state index contributed by atoms with van der Waals surface area (Å²) in [7, 11) is -0.595. The topological polar surface area (TPSA) is 102 Å². The molecule has 80 valence electrons. The van der Waals surface area contributed by atoms with Crippen LogP contribution in [-0.4, -0.2) is 40.9 Å². The lowest BCUT2D eigenvalue weighted by molar-refractivity contribution is 0.264. The van der Waals surface area contributed by atoms with E-state index in [-0.39, 0.29) is 0 Å². The summed E-state index contributed by atoms with van der Waals surface area (Å²) in [5, 5.41) is 6.48. The first kappa shape index (κ1) is 13.0. The Hall–Kier alpha value is 0.0300. The van der Waals surface area contributed by atoms with Crippen LogP contribution in [0.15, 0.2) is 0 Å². The van der Waals surface area contributed by atoms with Gasteiger partial charge in [0.2, 0.25) is 0 Å². The molecule has 1 rings (SSSR count). The zero-order valence-corrected chi connectivity index (χ0v) is 8.66. The lowest BCUT2D eigenvalue weighted by Gasteiger charge is -2.35. The fourth-order valence-electron chi connectivity index (χ4n) is 1.19. The van der Waals surface area contributed by atoms with Crippen LogP contribution in [0.1, 0.15) is 12.8 Å². The first-order valence-corrected chi connectivity index (χ1v) is 5.57. The monoisotopic (exact) mass is 212 g/mol. The Labute approximate surface area is 77.6 Å². The fourth-order valence-corrected chi connectivity index (χ4v) is 1.19. The van der Waals surface area contributed by atoms with E-state index in [0.717, 1.165) is 12.1 Å². The summed E-state index contributed by atoms with van der Waals surface area (Å²) in [6.45, 7) is 0. The van der Waals surface area contributed by atoms with E-state index >= 15 is 0 Å². The zero-order chi connectivity index (χ0) is 10.5. The number of hydrogen-bond donors (Lipinski definition) is 5. The molecule has 0 bridgehead atoms. The van der Waals surface area contributed by atoms with E-state index < -0.39 is 7.82 Å². The van der Waals surface area contributed by atoms with Gasteiger partial charge in [-0.15, -0.1) is 0 Å². The van der Waals surface area contributed by atoms with Gasteiger partial charge < -0.3 is 25.3 Å². The lowest BCUT2D eigenvalue weighted by atomic mass is 9.87. The molecule has 6 nitrogen and oxygen atoms in total. The molecule has 0 aliphatic heterocycles. The normalized spacial score (nSPS) is 27.2. The molecule has 1 aliphatic carbocycles. The molecule has 0 amide bonds. The maximum absolute atomic E-state index is 8.88. The molecule has 0 aromatic heterocycles. The molecule has 0 aromatic rings. The Bertz CT molecular complexity index is 161. The fraction of sp³-hybridized carbons (Fsp3) is 1.00. The highest BCUT2D eigenvalue weighted by molar-refractivity contribution is 7.45. The van der Waals surface area contributed by atoms with Crippen molar-refractivity contribution < 1.29 is 19.2 Å². The third kappa shape index (κ3) is 7.13. The Kier molecular flexibility index (Phi) is 5.71. The zero-order valence-electron chi connectivity index (χ0n) is 7.77. The Morgan fingerprint density at radius 3 is 1.38 bits per heavy atom. The van der Waals surface area contributed by atoms with E-state index in [1.807, 2.05) is 14.1 Å². The van der Waals surface area contributed by atoms with Crippen LogP contribution in [0.3, 0.4) is 0 Å². The predicted molar refractivity (Wildman–Crippen MR) is 49.2 cm³/mol. The summed E-state index contributed by atoms with van der Waals surface area (Å²) < 4.78 is 8.88. The van der Waals surface area contributed by atoms with Crippen molar-refractivity contribution in [3.8, 4) is 0 Å². The van der Waals surface area contributed by atoms with Gasteiger partial charge in [-0.05, 0) is 26.9 Å². The molecule has 2 atom stereocenters. The van der Waals surface area contributed by atoms with Gasteiger partial charge in [-0.2, -0.15) is 0 Å². The highest BCUT2D eigenvalue weighted by Gasteiger charge is 2.26. The first-order valence-electron chi connectivity index (χ1n) is 4.01. The molecular formula is C6H17N2O4P. The second-order valence-electron chi connectivity index (χ2n) is 2.88. The Morgan fingerprint density at radius 2 is 1.31 bits per heavy atom. The van der Waals surface area contributed by atoms with E-state index in [4.69, 9.17) is 19.2 Å². The molecule has 5 N–H and O–H groups in total. The standard InChI is InChI=1S/C6H14N2.H3O4P/c1-7-5-3-4-6(5)8-2;1-5(2,3)4/h5-8H,3-4H2,1-2H3;(H3,1,2,3,4). The summed E-state index contributed by atoms with van der Waals surface area (Å²) >= 11 is 0. The van der Waals surface area contributed by atoms with E-state index in [2.05, 4.69) is 10.6 Å². The van der Waals surface area contributed by atoms with E-state index in [1.165, 1.54) is 12.8 Å². The first-order chi connectivity index (χ1) is 5.88. The Balaban J connectivity index is 0.000000252. The highest BCUT2D eigenvalue weighted by Crippen LogP contribution is 2.25. The van der Waals surface area contributed by atoms with Gasteiger partial charge in [0.1, 0.15) is 0 Å². The van der Waals surface area contributed by atoms with E-state index in [0.29, 0.717) is 0 Å². The van der Waals surface area contributed by atoms with Gasteiger partial charge in [-0.25, -0.2) is 4.57 Å². The molecule has 0 spiro atoms. The van der Waals surface area contributed by atoms with Crippen LogP contribution < -0.4 is 10.6 Å². The number of nitrogens with one attached hydrogen (secondary N) is 2. The minimum atomic E-state index is -4.64. The van der Waals surface area contributed by atoms with Gasteiger partial charge in [-0.1, -0.05) is 0 Å². The molecule has 0 heterocycles. The molecule has 1 aliphatic rings. The Morgan fingerprint density at radius 1 is 1.08 bits per heavy atom. The van der Waals surface area contributed by atoms with Gasteiger partial charge in [0.15, 0.2) is 0 Å². The van der Waals surface area contributed by atoms with Crippen LogP contribution in [0.2, 0.25) is 0 Å². The van der Waals surface area contributed by atoms with Crippen LogP contribution in [0.25, 0.3) is 0 Å². The quantitative estimate of drug-likeness (QED) is 0.377. The summed E-state index contributed by atoms with van der Waals surface area (Å²) in [4.78, 5) is 21.6. The van der Waals surface area contributed by atoms with Crippen molar-refractivity contribution in [3.05, 3.63) is 0 Å². The maximum atomic E-state index is 8.88. The van der Waals surface area contributed by atoms with E-state index in [1.54, 1.807) is 0 Å². The number of rotatable bonds is 2. The molecule has 0 saturated heterocycles. The van der Waals surface area contributed by atoms with Crippen molar-refractivity contribution in [2.24, 2.45) is 0 Å². The van der Waals surface area contributed by atoms with Crippen molar-refractivity contribution >= 4 is 7.82 Å². The summed E-state index contributed by atoms with van der Waals surface area (Å²) in [5.74, 6) is 0. The molecule has 1 fully saturated rings. The average Bonchev–Trinajstić information content (AvgIpc) is 1.83. The minimum absolute atomic E-state index is 0.736. The third-order valence-electron chi connectivity index (χ3n) is 2.02. The molecule has 13 heavy (non-hydrogen) atoms. The third-order valence-corrected chi connectivity index (χ3v) is 2.02. The van der Waals surface area contributed by atoms with Gasteiger partial charge in [0.25, 0.3) is 0 Å². The highest BCUT2D eigenvalue weighted by atomic mass is 31.2. The van der Waals surface area contributed by atoms with Crippen LogP contribution in [-0.2, 0) is 4.57 Å². The molecular weight excluding hydrogens is 195 g/mol. The van der Waals surface area contributed by atoms with Crippen molar-refractivity contribution in [2.45, 2.75) is 24.9 Å². The summed E-state index contributed by atoms with van der Waals surface area (Å²) in [6, 6.07) is 1.47. The van der Waals surface area contributed by atoms with E-state index in [9.17, 15) is 0 Å². The molecule has 2 unspecified atom stereocenters. The van der Waals surface area contributed by atoms with Crippen LogP contribution in [0.4, 0.5) is 0 Å². The minimum Gasteiger partial charge on any atom is -0.315 e. The largest absolute Gasteiger partial charge is 0.466 e. The molecule has 0 radical (unpaired) electrons. The molecule has 0 aromatic carbocycles. The van der Waals surface area contributed by atoms with Gasteiger partial charge in [0.05, 0.1) is 0 Å². The number of phosphoric acid groups is 1. The molecule has 7 heteroatoms. The maximum Gasteiger partial charge on any atom is 0.466 e. The van der Waals surface area contributed by atoms with Crippen LogP contribution >= 0.6 is 7.82 Å². The predicted octanol–water partition coefficient (Wildman–Crippen LogP) is -0.972. The van der Waals surface area contributed by atoms with Crippen molar-refractivity contribution in [3.63, 3.8) is 0 Å². The van der Waals surface area contributed by atoms with Crippen molar-refractivity contribution in [1.29, 1.82) is 0 Å². The second kappa shape index (κ2) is 5.70. The summed E-state index contributed by atoms with van der Waals surface area (Å²) in [5.41, 5.74) is 0.